The minimum atomic E-state index is 0.0341. The van der Waals surface area contributed by atoms with Gasteiger partial charge in [0.25, 0.3) is 0 Å². The molecule has 0 aromatic heterocycles. The van der Waals surface area contributed by atoms with Gasteiger partial charge in [-0.2, -0.15) is 0 Å². The van der Waals surface area contributed by atoms with Gasteiger partial charge in [-0.15, -0.1) is 0 Å². The van der Waals surface area contributed by atoms with Crippen LogP contribution in [0.5, 0.6) is 5.75 Å². The molecule has 2 aromatic carbocycles. The highest BCUT2D eigenvalue weighted by molar-refractivity contribution is 5.76. The van der Waals surface area contributed by atoms with Gasteiger partial charge in [-0.3, -0.25) is 4.79 Å². The van der Waals surface area contributed by atoms with E-state index in [2.05, 4.69) is 82.4 Å². The van der Waals surface area contributed by atoms with Gasteiger partial charge >= 0.3 is 0 Å². The van der Waals surface area contributed by atoms with Gasteiger partial charge in [0, 0.05) is 18.4 Å². The van der Waals surface area contributed by atoms with Crippen LogP contribution >= 0.6 is 0 Å². The summed E-state index contributed by atoms with van der Waals surface area (Å²) in [6.07, 6.45) is 6.86. The van der Waals surface area contributed by atoms with E-state index in [0.29, 0.717) is 12.3 Å². The second-order valence-corrected chi connectivity index (χ2v) is 9.29. The highest BCUT2D eigenvalue weighted by Gasteiger charge is 2.28. The predicted octanol–water partition coefficient (Wildman–Crippen LogP) is 7.19. The number of ether oxygens (including phenoxy) is 1. The third-order valence-electron chi connectivity index (χ3n) is 6.01. The first-order valence-corrected chi connectivity index (χ1v) is 12.0. The van der Waals surface area contributed by atoms with E-state index in [9.17, 15) is 4.79 Å². The molecule has 2 rings (SSSR count). The van der Waals surface area contributed by atoms with Crippen LogP contribution in [-0.2, 0) is 4.79 Å². The molecule has 0 spiro atoms. The Morgan fingerprint density at radius 2 is 1.62 bits per heavy atom. The van der Waals surface area contributed by atoms with E-state index in [1.54, 1.807) is 7.11 Å². The summed E-state index contributed by atoms with van der Waals surface area (Å²) in [5.41, 5.74) is 5.04. The summed E-state index contributed by atoms with van der Waals surface area (Å²) in [7, 11) is 1.69. The quantitative estimate of drug-likeness (QED) is 0.358. The number of carbonyl (C=O) groups excluding carboxylic acids is 1. The van der Waals surface area contributed by atoms with Gasteiger partial charge in [0.15, 0.2) is 0 Å². The molecule has 1 amide bonds. The Morgan fingerprint density at radius 3 is 2.16 bits per heavy atom. The number of hydrogen-bond donors (Lipinski definition) is 1. The fourth-order valence-electron chi connectivity index (χ4n) is 4.23. The molecule has 0 unspecified atom stereocenters. The van der Waals surface area contributed by atoms with Crippen LogP contribution < -0.4 is 10.1 Å². The van der Waals surface area contributed by atoms with Crippen LogP contribution in [0.2, 0.25) is 0 Å². The summed E-state index contributed by atoms with van der Waals surface area (Å²) in [6.45, 7) is 10.8. The van der Waals surface area contributed by atoms with Gasteiger partial charge in [-0.1, -0.05) is 67.5 Å². The lowest BCUT2D eigenvalue weighted by molar-refractivity contribution is -0.122. The first-order chi connectivity index (χ1) is 15.3. The van der Waals surface area contributed by atoms with Crippen molar-refractivity contribution in [2.24, 2.45) is 5.92 Å². The van der Waals surface area contributed by atoms with Crippen molar-refractivity contribution in [1.29, 1.82) is 0 Å². The summed E-state index contributed by atoms with van der Waals surface area (Å²) >= 11 is 0. The molecular formula is C29H41NO2. The van der Waals surface area contributed by atoms with Crippen molar-refractivity contribution in [2.75, 3.05) is 7.11 Å². The van der Waals surface area contributed by atoms with Crippen molar-refractivity contribution in [3.05, 3.63) is 76.9 Å². The molecular weight excluding hydrogens is 394 g/mol. The topological polar surface area (TPSA) is 38.3 Å². The Kier molecular flexibility index (Phi) is 10.5. The van der Waals surface area contributed by atoms with E-state index < -0.39 is 0 Å². The number of methoxy groups -OCH3 is 1. The SMILES string of the molecule is CCCC(=O)N[C@H](C[C@H](C)CCC=C(C)C)[C@H](c1ccc(C)cc1)c1ccc(OC)cc1. The third kappa shape index (κ3) is 8.18. The van der Waals surface area contributed by atoms with Crippen LogP contribution in [0.4, 0.5) is 0 Å². The average Bonchev–Trinajstić information content (AvgIpc) is 2.75. The molecule has 0 radical (unpaired) electrons. The molecule has 0 bridgehead atoms. The first-order valence-electron chi connectivity index (χ1n) is 12.0. The minimum absolute atomic E-state index is 0.0341. The maximum Gasteiger partial charge on any atom is 0.220 e. The fraction of sp³-hybridized carbons (Fsp3) is 0.483. The molecule has 0 saturated carbocycles. The molecule has 174 valence electrons. The van der Waals surface area contributed by atoms with Gasteiger partial charge in [-0.25, -0.2) is 0 Å². The maximum absolute atomic E-state index is 12.7. The molecule has 32 heavy (non-hydrogen) atoms. The number of hydrogen-bond acceptors (Lipinski definition) is 2. The lowest BCUT2D eigenvalue weighted by Crippen LogP contribution is -2.40. The standard InChI is InChI=1S/C29H41NO2/c1-7-9-28(31)30-27(20-23(5)11-8-10-21(2)3)29(24-14-12-22(4)13-15-24)25-16-18-26(32-6)19-17-25/h10,12-19,23,27,29H,7-9,11,20H2,1-6H3,(H,30,31)/t23-,27-,29-/m1/s1. The van der Waals surface area contributed by atoms with Crippen LogP contribution in [0.3, 0.4) is 0 Å². The second kappa shape index (κ2) is 13.1. The summed E-state index contributed by atoms with van der Waals surface area (Å²) in [4.78, 5) is 12.7. The number of carbonyl (C=O) groups is 1. The van der Waals surface area contributed by atoms with Crippen molar-refractivity contribution in [2.45, 2.75) is 78.7 Å². The molecule has 0 aliphatic rings. The number of allylic oxidation sites excluding steroid dienone is 2. The Hall–Kier alpha value is -2.55. The van der Waals surface area contributed by atoms with Crippen LogP contribution in [0.25, 0.3) is 0 Å². The van der Waals surface area contributed by atoms with E-state index in [-0.39, 0.29) is 17.9 Å². The summed E-state index contributed by atoms with van der Waals surface area (Å²) in [5.74, 6) is 1.58. The monoisotopic (exact) mass is 435 g/mol. The van der Waals surface area contributed by atoms with Crippen molar-refractivity contribution in [1.82, 2.24) is 5.32 Å². The van der Waals surface area contributed by atoms with Crippen LogP contribution in [0.15, 0.2) is 60.2 Å². The van der Waals surface area contributed by atoms with E-state index in [1.807, 2.05) is 12.1 Å². The number of benzene rings is 2. The van der Waals surface area contributed by atoms with Crippen molar-refractivity contribution in [3.63, 3.8) is 0 Å². The fourth-order valence-corrected chi connectivity index (χ4v) is 4.23. The summed E-state index contributed by atoms with van der Waals surface area (Å²) in [5, 5.41) is 3.40. The maximum atomic E-state index is 12.7. The van der Waals surface area contributed by atoms with Gasteiger partial charge < -0.3 is 10.1 Å². The lowest BCUT2D eigenvalue weighted by atomic mass is 9.80. The van der Waals surface area contributed by atoms with E-state index >= 15 is 0 Å². The predicted molar refractivity (Wildman–Crippen MR) is 135 cm³/mol. The molecule has 3 atom stereocenters. The minimum Gasteiger partial charge on any atom is -0.497 e. The number of aryl methyl sites for hydroxylation is 1. The van der Waals surface area contributed by atoms with Crippen molar-refractivity contribution in [3.8, 4) is 5.75 Å². The first kappa shape index (κ1) is 25.7. The average molecular weight is 436 g/mol. The zero-order valence-corrected chi connectivity index (χ0v) is 20.8. The van der Waals surface area contributed by atoms with Crippen LogP contribution in [0, 0.1) is 12.8 Å². The largest absolute Gasteiger partial charge is 0.497 e. The molecule has 0 aliphatic carbocycles. The smallest absolute Gasteiger partial charge is 0.220 e. The zero-order chi connectivity index (χ0) is 23.5. The summed E-state index contributed by atoms with van der Waals surface area (Å²) in [6, 6.07) is 17.1. The van der Waals surface area contributed by atoms with Gasteiger partial charge in [0.05, 0.1) is 7.11 Å². The molecule has 0 saturated heterocycles. The zero-order valence-electron chi connectivity index (χ0n) is 20.8. The Bertz CT molecular complexity index is 848. The van der Waals surface area contributed by atoms with Crippen LogP contribution in [0.1, 0.15) is 82.4 Å². The Morgan fingerprint density at radius 1 is 1.03 bits per heavy atom. The molecule has 0 fully saturated rings. The second-order valence-electron chi connectivity index (χ2n) is 9.29. The molecule has 0 aliphatic heterocycles. The van der Waals surface area contributed by atoms with Gasteiger partial charge in [0.2, 0.25) is 5.91 Å². The number of amides is 1. The van der Waals surface area contributed by atoms with Gasteiger partial charge in [-0.05, 0) is 75.6 Å². The highest BCUT2D eigenvalue weighted by atomic mass is 16.5. The van der Waals surface area contributed by atoms with Crippen molar-refractivity contribution < 1.29 is 9.53 Å². The molecule has 3 heteroatoms. The highest BCUT2D eigenvalue weighted by Crippen LogP contribution is 2.33. The molecule has 3 nitrogen and oxygen atoms in total. The van der Waals surface area contributed by atoms with Crippen LogP contribution in [-0.4, -0.2) is 19.1 Å². The molecule has 1 N–H and O–H groups in total. The van der Waals surface area contributed by atoms with E-state index in [4.69, 9.17) is 4.74 Å². The van der Waals surface area contributed by atoms with Gasteiger partial charge in [0.1, 0.15) is 5.75 Å². The lowest BCUT2D eigenvalue weighted by Gasteiger charge is -2.31. The third-order valence-corrected chi connectivity index (χ3v) is 6.01. The Balaban J connectivity index is 2.39. The van der Waals surface area contributed by atoms with Crippen molar-refractivity contribution >= 4 is 5.91 Å². The Labute approximate surface area is 195 Å². The normalized spacial score (nSPS) is 13.7. The number of nitrogens with one attached hydrogen (secondary N) is 1. The molecule has 0 heterocycles. The molecule has 2 aromatic rings. The van der Waals surface area contributed by atoms with E-state index in [0.717, 1.165) is 31.4 Å². The number of rotatable bonds is 12. The van der Waals surface area contributed by atoms with E-state index in [1.165, 1.54) is 22.3 Å². The summed E-state index contributed by atoms with van der Waals surface area (Å²) < 4.78 is 5.38.